The van der Waals surface area contributed by atoms with E-state index < -0.39 is 0 Å². The van der Waals surface area contributed by atoms with Crippen LogP contribution in [0.1, 0.15) is 19.8 Å². The number of rotatable bonds is 5. The maximum Gasteiger partial charge on any atom is 0.251 e. The van der Waals surface area contributed by atoms with E-state index in [0.29, 0.717) is 13.2 Å². The van der Waals surface area contributed by atoms with E-state index in [4.69, 9.17) is 9.73 Å². The van der Waals surface area contributed by atoms with Gasteiger partial charge in [-0.2, -0.15) is 0 Å². The van der Waals surface area contributed by atoms with E-state index in [2.05, 4.69) is 32.8 Å². The van der Waals surface area contributed by atoms with Crippen LogP contribution in [0.2, 0.25) is 0 Å². The van der Waals surface area contributed by atoms with E-state index in [1.54, 1.807) is 0 Å². The van der Waals surface area contributed by atoms with Crippen molar-refractivity contribution >= 4 is 22.9 Å². The van der Waals surface area contributed by atoms with Gasteiger partial charge < -0.3 is 24.4 Å². The molecule has 2 saturated heterocycles. The summed E-state index contributed by atoms with van der Waals surface area (Å²) in [5.74, 6) is 1.07. The largest absolute Gasteiger partial charge is 0.368 e. The minimum Gasteiger partial charge on any atom is -0.368 e. The normalized spacial score (nSPS) is 20.4. The average molecular weight is 399 g/mol. The second-order valence-electron chi connectivity index (χ2n) is 7.48. The third kappa shape index (κ3) is 4.53. The third-order valence-electron chi connectivity index (χ3n) is 5.56. The summed E-state index contributed by atoms with van der Waals surface area (Å²) in [7, 11) is 0. The minimum absolute atomic E-state index is 0.149. The molecular formula is C21H30N6O2. The maximum absolute atomic E-state index is 12.5. The number of carbonyl (C=O) groups excluding carboxylic acids is 1. The first-order chi connectivity index (χ1) is 14.3. The molecule has 1 atom stereocenters. The Morgan fingerprint density at radius 1 is 1.24 bits per heavy atom. The summed E-state index contributed by atoms with van der Waals surface area (Å²) in [6, 6.07) is 8.15. The number of aromatic nitrogens is 2. The van der Waals surface area contributed by atoms with E-state index in [1.807, 2.05) is 29.4 Å². The third-order valence-corrected chi connectivity index (χ3v) is 5.56. The van der Waals surface area contributed by atoms with Crippen molar-refractivity contribution in [3.8, 4) is 0 Å². The quantitative estimate of drug-likeness (QED) is 0.607. The van der Waals surface area contributed by atoms with E-state index in [0.717, 1.165) is 69.1 Å². The molecule has 1 aromatic heterocycles. The number of piperazine rings is 1. The number of benzene rings is 1. The standard InChI is InChI=1S/C21H30N6O2/c1-2-22-21(23-9-10-27-16-24-17-6-3-4-7-18(17)27)26-13-11-25(12-14-26)20(28)19-8-5-15-29-19/h3-4,6-7,16,19H,2,5,8-15H2,1H3,(H,22,23). The van der Waals surface area contributed by atoms with Crippen LogP contribution in [0, 0.1) is 0 Å². The highest BCUT2D eigenvalue weighted by molar-refractivity contribution is 5.83. The van der Waals surface area contributed by atoms with Crippen LogP contribution >= 0.6 is 0 Å². The molecule has 8 nitrogen and oxygen atoms in total. The molecule has 3 heterocycles. The molecule has 0 aliphatic carbocycles. The van der Waals surface area contributed by atoms with Crippen LogP contribution in [0.3, 0.4) is 0 Å². The lowest BCUT2D eigenvalue weighted by Crippen LogP contribution is -2.55. The lowest BCUT2D eigenvalue weighted by atomic mass is 10.2. The summed E-state index contributed by atoms with van der Waals surface area (Å²) >= 11 is 0. The number of ether oxygens (including phenoxy) is 1. The summed E-state index contributed by atoms with van der Waals surface area (Å²) in [4.78, 5) is 26.0. The molecule has 2 aliphatic rings. The molecule has 1 unspecified atom stereocenters. The highest BCUT2D eigenvalue weighted by Gasteiger charge is 2.30. The van der Waals surface area contributed by atoms with Gasteiger partial charge in [-0.1, -0.05) is 12.1 Å². The fourth-order valence-electron chi connectivity index (χ4n) is 3.99. The van der Waals surface area contributed by atoms with Gasteiger partial charge in [-0.3, -0.25) is 9.79 Å². The van der Waals surface area contributed by atoms with E-state index in [-0.39, 0.29) is 12.0 Å². The molecule has 4 rings (SSSR count). The van der Waals surface area contributed by atoms with Gasteiger partial charge in [0.05, 0.1) is 23.9 Å². The van der Waals surface area contributed by atoms with Gasteiger partial charge in [0, 0.05) is 45.9 Å². The summed E-state index contributed by atoms with van der Waals surface area (Å²) in [6.45, 7) is 8.09. The highest BCUT2D eigenvalue weighted by Crippen LogP contribution is 2.16. The zero-order valence-electron chi connectivity index (χ0n) is 17.1. The predicted molar refractivity (Wildman–Crippen MR) is 113 cm³/mol. The summed E-state index contributed by atoms with van der Waals surface area (Å²) < 4.78 is 7.69. The van der Waals surface area contributed by atoms with Gasteiger partial charge >= 0.3 is 0 Å². The first-order valence-corrected chi connectivity index (χ1v) is 10.6. The minimum atomic E-state index is -0.228. The fourth-order valence-corrected chi connectivity index (χ4v) is 3.99. The van der Waals surface area contributed by atoms with Gasteiger partial charge in [0.15, 0.2) is 5.96 Å². The van der Waals surface area contributed by atoms with Crippen molar-refractivity contribution in [3.63, 3.8) is 0 Å². The molecule has 8 heteroatoms. The number of para-hydroxylation sites is 2. The van der Waals surface area contributed by atoms with Gasteiger partial charge in [-0.25, -0.2) is 4.98 Å². The van der Waals surface area contributed by atoms with Crippen molar-refractivity contribution in [1.29, 1.82) is 0 Å². The number of nitrogens with one attached hydrogen (secondary N) is 1. The Kier molecular flexibility index (Phi) is 6.29. The maximum atomic E-state index is 12.5. The number of carbonyl (C=O) groups is 1. The number of aliphatic imine (C=N–C) groups is 1. The number of fused-ring (bicyclic) bond motifs is 1. The smallest absolute Gasteiger partial charge is 0.251 e. The zero-order valence-corrected chi connectivity index (χ0v) is 17.1. The van der Waals surface area contributed by atoms with Gasteiger partial charge in [0.25, 0.3) is 5.91 Å². The lowest BCUT2D eigenvalue weighted by molar-refractivity contribution is -0.142. The number of amides is 1. The van der Waals surface area contributed by atoms with E-state index in [1.165, 1.54) is 0 Å². The fraction of sp³-hybridized carbons (Fsp3) is 0.571. The Bertz CT molecular complexity index is 850. The van der Waals surface area contributed by atoms with Crippen molar-refractivity contribution in [2.45, 2.75) is 32.4 Å². The second kappa shape index (κ2) is 9.26. The van der Waals surface area contributed by atoms with E-state index >= 15 is 0 Å². The number of hydrogen-bond acceptors (Lipinski definition) is 4. The molecule has 29 heavy (non-hydrogen) atoms. The number of imidazole rings is 1. The van der Waals surface area contributed by atoms with Crippen LogP contribution in [-0.2, 0) is 16.1 Å². The van der Waals surface area contributed by atoms with Crippen molar-refractivity contribution in [3.05, 3.63) is 30.6 Å². The SMILES string of the molecule is CCNC(=NCCn1cnc2ccccc21)N1CCN(C(=O)C2CCCO2)CC1. The van der Waals surface area contributed by atoms with Crippen molar-refractivity contribution in [2.75, 3.05) is 45.9 Å². The van der Waals surface area contributed by atoms with Crippen LogP contribution in [0.25, 0.3) is 11.0 Å². The lowest BCUT2D eigenvalue weighted by Gasteiger charge is -2.37. The van der Waals surface area contributed by atoms with Crippen LogP contribution in [0.4, 0.5) is 0 Å². The van der Waals surface area contributed by atoms with Gasteiger partial charge in [-0.15, -0.1) is 0 Å². The number of hydrogen-bond donors (Lipinski definition) is 1. The van der Waals surface area contributed by atoms with Gasteiger partial charge in [-0.05, 0) is 31.9 Å². The number of nitrogens with zero attached hydrogens (tertiary/aromatic N) is 5. The molecule has 0 radical (unpaired) electrons. The zero-order chi connectivity index (χ0) is 20.1. The molecule has 0 spiro atoms. The molecule has 1 N–H and O–H groups in total. The van der Waals surface area contributed by atoms with Crippen molar-refractivity contribution in [1.82, 2.24) is 24.7 Å². The summed E-state index contributed by atoms with van der Waals surface area (Å²) in [5, 5.41) is 3.39. The van der Waals surface area contributed by atoms with Crippen molar-refractivity contribution < 1.29 is 9.53 Å². The molecular weight excluding hydrogens is 368 g/mol. The van der Waals surface area contributed by atoms with Crippen LogP contribution in [0.15, 0.2) is 35.6 Å². The monoisotopic (exact) mass is 398 g/mol. The molecule has 156 valence electrons. The molecule has 1 amide bonds. The topological polar surface area (TPSA) is 75.0 Å². The van der Waals surface area contributed by atoms with Crippen LogP contribution in [-0.4, -0.2) is 83.2 Å². The molecule has 0 saturated carbocycles. The first kappa shape index (κ1) is 19.7. The van der Waals surface area contributed by atoms with Gasteiger partial charge in [0.1, 0.15) is 6.10 Å². The Balaban J connectivity index is 1.33. The molecule has 2 aromatic rings. The van der Waals surface area contributed by atoms with Crippen molar-refractivity contribution in [2.24, 2.45) is 4.99 Å². The Labute approximate surface area is 171 Å². The molecule has 2 aliphatic heterocycles. The van der Waals surface area contributed by atoms with E-state index in [9.17, 15) is 4.79 Å². The predicted octanol–water partition coefficient (Wildman–Crippen LogP) is 1.32. The Morgan fingerprint density at radius 2 is 2.03 bits per heavy atom. The highest BCUT2D eigenvalue weighted by atomic mass is 16.5. The number of guanidine groups is 1. The summed E-state index contributed by atoms with van der Waals surface area (Å²) in [5.41, 5.74) is 2.14. The molecule has 0 bridgehead atoms. The summed E-state index contributed by atoms with van der Waals surface area (Å²) in [6.07, 6.45) is 3.49. The first-order valence-electron chi connectivity index (χ1n) is 10.6. The molecule has 2 fully saturated rings. The van der Waals surface area contributed by atoms with Crippen LogP contribution < -0.4 is 5.32 Å². The average Bonchev–Trinajstić information content (AvgIpc) is 3.43. The van der Waals surface area contributed by atoms with Gasteiger partial charge in [0.2, 0.25) is 0 Å². The molecule has 1 aromatic carbocycles. The van der Waals surface area contributed by atoms with Crippen LogP contribution in [0.5, 0.6) is 0 Å². The Morgan fingerprint density at radius 3 is 2.79 bits per heavy atom. The second-order valence-corrected chi connectivity index (χ2v) is 7.48. The Hall–Kier alpha value is -2.61.